The van der Waals surface area contributed by atoms with Gasteiger partial charge in [0.15, 0.2) is 0 Å². The van der Waals surface area contributed by atoms with Crippen molar-refractivity contribution in [2.75, 3.05) is 13.7 Å². The van der Waals surface area contributed by atoms with Crippen LogP contribution in [0.1, 0.15) is 24.0 Å². The lowest BCUT2D eigenvalue weighted by molar-refractivity contribution is -0.120. The Labute approximate surface area is 102 Å². The molecule has 1 aromatic carbocycles. The molecular formula is C13H20N2O2. The SMILES string of the molecule is CNC(=O)CCCOc1cc(CN)ccc1C. The monoisotopic (exact) mass is 236 g/mol. The summed E-state index contributed by atoms with van der Waals surface area (Å²) in [5, 5.41) is 2.58. The quantitative estimate of drug-likeness (QED) is 0.733. The first-order chi connectivity index (χ1) is 8.17. The van der Waals surface area contributed by atoms with Gasteiger partial charge in [-0.1, -0.05) is 12.1 Å². The summed E-state index contributed by atoms with van der Waals surface area (Å²) in [5.74, 6) is 0.894. The van der Waals surface area contributed by atoms with Crippen molar-refractivity contribution in [3.8, 4) is 5.75 Å². The normalized spacial score (nSPS) is 10.1. The van der Waals surface area contributed by atoms with Gasteiger partial charge in [-0.25, -0.2) is 0 Å². The Morgan fingerprint density at radius 2 is 2.24 bits per heavy atom. The van der Waals surface area contributed by atoms with Crippen LogP contribution in [-0.4, -0.2) is 19.6 Å². The number of carbonyl (C=O) groups is 1. The molecule has 1 amide bonds. The number of benzene rings is 1. The van der Waals surface area contributed by atoms with E-state index in [1.54, 1.807) is 7.05 Å². The molecule has 0 spiro atoms. The van der Waals surface area contributed by atoms with E-state index in [-0.39, 0.29) is 5.91 Å². The molecule has 94 valence electrons. The first-order valence-electron chi connectivity index (χ1n) is 5.80. The van der Waals surface area contributed by atoms with Crippen LogP contribution in [0.5, 0.6) is 5.75 Å². The van der Waals surface area contributed by atoms with Crippen molar-refractivity contribution in [3.05, 3.63) is 29.3 Å². The number of ether oxygens (including phenoxy) is 1. The molecule has 0 saturated carbocycles. The number of amides is 1. The van der Waals surface area contributed by atoms with Crippen molar-refractivity contribution in [1.29, 1.82) is 0 Å². The highest BCUT2D eigenvalue weighted by molar-refractivity contribution is 5.75. The molecule has 0 atom stereocenters. The highest BCUT2D eigenvalue weighted by Gasteiger charge is 2.02. The first kappa shape index (κ1) is 13.5. The molecule has 0 unspecified atom stereocenters. The lowest BCUT2D eigenvalue weighted by atomic mass is 10.1. The maximum Gasteiger partial charge on any atom is 0.219 e. The van der Waals surface area contributed by atoms with Gasteiger partial charge in [0.25, 0.3) is 0 Å². The van der Waals surface area contributed by atoms with Gasteiger partial charge in [-0.15, -0.1) is 0 Å². The number of nitrogens with one attached hydrogen (secondary N) is 1. The molecule has 1 rings (SSSR count). The molecular weight excluding hydrogens is 216 g/mol. The minimum atomic E-state index is 0.0426. The van der Waals surface area contributed by atoms with Gasteiger partial charge in [0.2, 0.25) is 5.91 Å². The fourth-order valence-electron chi connectivity index (χ4n) is 1.47. The average molecular weight is 236 g/mol. The summed E-state index contributed by atoms with van der Waals surface area (Å²) in [7, 11) is 1.64. The standard InChI is InChI=1S/C13H20N2O2/c1-10-5-6-11(9-14)8-12(10)17-7-3-4-13(16)15-2/h5-6,8H,3-4,7,9,14H2,1-2H3,(H,15,16). The highest BCUT2D eigenvalue weighted by atomic mass is 16.5. The lowest BCUT2D eigenvalue weighted by Gasteiger charge is -2.10. The molecule has 0 radical (unpaired) electrons. The molecule has 17 heavy (non-hydrogen) atoms. The van der Waals surface area contributed by atoms with E-state index in [9.17, 15) is 4.79 Å². The topological polar surface area (TPSA) is 64.3 Å². The maximum absolute atomic E-state index is 11.0. The highest BCUT2D eigenvalue weighted by Crippen LogP contribution is 2.19. The first-order valence-corrected chi connectivity index (χ1v) is 5.80. The molecule has 0 fully saturated rings. The van der Waals surface area contributed by atoms with Gasteiger partial charge in [0.05, 0.1) is 6.61 Å². The van der Waals surface area contributed by atoms with Crippen LogP contribution < -0.4 is 15.8 Å². The molecule has 0 aromatic heterocycles. The van der Waals surface area contributed by atoms with E-state index in [0.717, 1.165) is 16.9 Å². The van der Waals surface area contributed by atoms with Crippen LogP contribution in [0.2, 0.25) is 0 Å². The Balaban J connectivity index is 2.43. The van der Waals surface area contributed by atoms with Crippen LogP contribution in [0.3, 0.4) is 0 Å². The third-order valence-corrected chi connectivity index (χ3v) is 2.57. The van der Waals surface area contributed by atoms with Crippen LogP contribution in [0.15, 0.2) is 18.2 Å². The number of hydrogen-bond acceptors (Lipinski definition) is 3. The maximum atomic E-state index is 11.0. The molecule has 0 saturated heterocycles. The van der Waals surface area contributed by atoms with Crippen LogP contribution in [0.4, 0.5) is 0 Å². The smallest absolute Gasteiger partial charge is 0.219 e. The van der Waals surface area contributed by atoms with Crippen LogP contribution in [0.25, 0.3) is 0 Å². The Bertz CT molecular complexity index is 378. The zero-order chi connectivity index (χ0) is 12.7. The molecule has 0 aliphatic carbocycles. The number of rotatable bonds is 6. The summed E-state index contributed by atoms with van der Waals surface area (Å²) in [4.78, 5) is 11.0. The zero-order valence-electron chi connectivity index (χ0n) is 10.5. The Kier molecular flexibility index (Phi) is 5.49. The minimum absolute atomic E-state index is 0.0426. The molecule has 0 aliphatic heterocycles. The molecule has 0 aliphatic rings. The zero-order valence-corrected chi connectivity index (χ0v) is 10.5. The van der Waals surface area contributed by atoms with Gasteiger partial charge < -0.3 is 15.8 Å². The van der Waals surface area contributed by atoms with Gasteiger partial charge in [-0.05, 0) is 30.5 Å². The van der Waals surface area contributed by atoms with E-state index in [2.05, 4.69) is 5.32 Å². The van der Waals surface area contributed by atoms with E-state index >= 15 is 0 Å². The Morgan fingerprint density at radius 1 is 1.47 bits per heavy atom. The largest absolute Gasteiger partial charge is 0.493 e. The van der Waals surface area contributed by atoms with Crippen molar-refractivity contribution in [3.63, 3.8) is 0 Å². The summed E-state index contributed by atoms with van der Waals surface area (Å²) in [6.07, 6.45) is 1.21. The fraction of sp³-hybridized carbons (Fsp3) is 0.462. The number of aryl methyl sites for hydroxylation is 1. The van der Waals surface area contributed by atoms with Gasteiger partial charge in [-0.3, -0.25) is 4.79 Å². The molecule has 1 aromatic rings. The minimum Gasteiger partial charge on any atom is -0.493 e. The van der Waals surface area contributed by atoms with Crippen molar-refractivity contribution in [1.82, 2.24) is 5.32 Å². The van der Waals surface area contributed by atoms with Crippen molar-refractivity contribution in [2.24, 2.45) is 5.73 Å². The van der Waals surface area contributed by atoms with Crippen molar-refractivity contribution in [2.45, 2.75) is 26.3 Å². The number of hydrogen-bond donors (Lipinski definition) is 2. The van der Waals surface area contributed by atoms with E-state index in [1.807, 2.05) is 25.1 Å². The van der Waals surface area contributed by atoms with Crippen LogP contribution in [-0.2, 0) is 11.3 Å². The number of nitrogens with two attached hydrogens (primary N) is 1. The molecule has 0 bridgehead atoms. The van der Waals surface area contributed by atoms with E-state index < -0.39 is 0 Å². The second-order valence-electron chi connectivity index (χ2n) is 3.93. The molecule has 0 heterocycles. The Hall–Kier alpha value is -1.55. The lowest BCUT2D eigenvalue weighted by Crippen LogP contribution is -2.18. The Morgan fingerprint density at radius 3 is 2.88 bits per heavy atom. The fourth-order valence-corrected chi connectivity index (χ4v) is 1.47. The third-order valence-electron chi connectivity index (χ3n) is 2.57. The summed E-state index contributed by atoms with van der Waals surface area (Å²) in [6.45, 7) is 3.05. The predicted octanol–water partition coefficient (Wildman–Crippen LogP) is 1.36. The number of carbonyl (C=O) groups excluding carboxylic acids is 1. The van der Waals surface area contributed by atoms with Gasteiger partial charge >= 0.3 is 0 Å². The summed E-state index contributed by atoms with van der Waals surface area (Å²) in [5.41, 5.74) is 7.71. The average Bonchev–Trinajstić information content (AvgIpc) is 2.36. The summed E-state index contributed by atoms with van der Waals surface area (Å²) < 4.78 is 5.64. The molecule has 4 nitrogen and oxygen atoms in total. The van der Waals surface area contributed by atoms with Crippen LogP contribution in [0, 0.1) is 6.92 Å². The van der Waals surface area contributed by atoms with Gasteiger partial charge in [0, 0.05) is 20.0 Å². The second-order valence-corrected chi connectivity index (χ2v) is 3.93. The summed E-state index contributed by atoms with van der Waals surface area (Å²) in [6, 6.07) is 5.94. The second kappa shape index (κ2) is 6.91. The third kappa shape index (κ3) is 4.44. The van der Waals surface area contributed by atoms with Gasteiger partial charge in [0.1, 0.15) is 5.75 Å². The predicted molar refractivity (Wildman–Crippen MR) is 67.9 cm³/mol. The molecule has 3 N–H and O–H groups in total. The van der Waals surface area contributed by atoms with E-state index in [1.165, 1.54) is 0 Å². The summed E-state index contributed by atoms with van der Waals surface area (Å²) >= 11 is 0. The van der Waals surface area contributed by atoms with Crippen molar-refractivity contribution >= 4 is 5.91 Å². The van der Waals surface area contributed by atoms with E-state index in [0.29, 0.717) is 26.0 Å². The van der Waals surface area contributed by atoms with E-state index in [4.69, 9.17) is 10.5 Å². The van der Waals surface area contributed by atoms with Crippen molar-refractivity contribution < 1.29 is 9.53 Å². The van der Waals surface area contributed by atoms with Crippen LogP contribution >= 0.6 is 0 Å². The van der Waals surface area contributed by atoms with Gasteiger partial charge in [-0.2, -0.15) is 0 Å². The molecule has 4 heteroatoms.